The number of nitrogens with two attached hydrogens (primary N) is 1. The molecule has 0 spiro atoms. The smallest absolute Gasteiger partial charge is 0.325 e. The Morgan fingerprint density at radius 1 is 1.38 bits per heavy atom. The first kappa shape index (κ1) is 12.7. The van der Waals surface area contributed by atoms with Gasteiger partial charge in [-0.15, -0.1) is 0 Å². The molecule has 0 heterocycles. The predicted molar refractivity (Wildman–Crippen MR) is 60.7 cm³/mol. The lowest BCUT2D eigenvalue weighted by Gasteiger charge is -2.10. The van der Waals surface area contributed by atoms with Crippen molar-refractivity contribution in [3.8, 4) is 0 Å². The first-order chi connectivity index (χ1) is 7.74. The summed E-state index contributed by atoms with van der Waals surface area (Å²) in [7, 11) is 0. The van der Waals surface area contributed by atoms with Gasteiger partial charge in [0, 0.05) is 0 Å². The molecular weight excluding hydrogens is 206 g/mol. The fourth-order valence-electron chi connectivity index (χ4n) is 1.20. The van der Waals surface area contributed by atoms with Crippen LogP contribution in [0.4, 0.5) is 0 Å². The molecule has 0 aromatic heterocycles. The normalized spacial score (nSPS) is 12.1. The van der Waals surface area contributed by atoms with Crippen LogP contribution in [0, 0.1) is 0 Å². The Morgan fingerprint density at radius 2 is 2.06 bits per heavy atom. The van der Waals surface area contributed by atoms with E-state index < -0.39 is 12.0 Å². The molecule has 0 saturated heterocycles. The van der Waals surface area contributed by atoms with Crippen molar-refractivity contribution in [2.24, 2.45) is 5.73 Å². The summed E-state index contributed by atoms with van der Waals surface area (Å²) in [6.07, 6.45) is 0. The topological polar surface area (TPSA) is 61.5 Å². The van der Waals surface area contributed by atoms with Crippen LogP contribution in [-0.4, -0.2) is 25.2 Å². The summed E-state index contributed by atoms with van der Waals surface area (Å²) >= 11 is 0. The standard InChI is InChI=1S/C12H17NO3/c1-2-16-12(14)11(13)9-15-8-10-6-4-3-5-7-10/h3-7,11H,2,8-9,13H2,1H3/t11-/m1/s1. The number of rotatable bonds is 6. The molecule has 2 N–H and O–H groups in total. The van der Waals surface area contributed by atoms with Crippen LogP contribution in [0.2, 0.25) is 0 Å². The van der Waals surface area contributed by atoms with Gasteiger partial charge in [0.05, 0.1) is 19.8 Å². The summed E-state index contributed by atoms with van der Waals surface area (Å²) in [5.41, 5.74) is 6.62. The highest BCUT2D eigenvalue weighted by molar-refractivity contribution is 5.75. The molecule has 16 heavy (non-hydrogen) atoms. The molecule has 0 aliphatic carbocycles. The minimum atomic E-state index is -0.705. The van der Waals surface area contributed by atoms with Crippen LogP contribution in [0.5, 0.6) is 0 Å². The lowest BCUT2D eigenvalue weighted by molar-refractivity contribution is -0.146. The lowest BCUT2D eigenvalue weighted by Crippen LogP contribution is -2.36. The van der Waals surface area contributed by atoms with Gasteiger partial charge in [0.2, 0.25) is 0 Å². The maximum absolute atomic E-state index is 11.2. The van der Waals surface area contributed by atoms with Gasteiger partial charge in [-0.25, -0.2) is 0 Å². The Morgan fingerprint density at radius 3 is 2.69 bits per heavy atom. The highest BCUT2D eigenvalue weighted by Crippen LogP contribution is 2.00. The van der Waals surface area contributed by atoms with Gasteiger partial charge in [-0.3, -0.25) is 4.79 Å². The van der Waals surface area contributed by atoms with E-state index in [9.17, 15) is 4.79 Å². The predicted octanol–water partition coefficient (Wildman–Crippen LogP) is 1.09. The van der Waals surface area contributed by atoms with Crippen molar-refractivity contribution in [3.05, 3.63) is 35.9 Å². The molecule has 1 atom stereocenters. The number of esters is 1. The third-order valence-corrected chi connectivity index (χ3v) is 2.00. The van der Waals surface area contributed by atoms with Crippen molar-refractivity contribution < 1.29 is 14.3 Å². The molecule has 88 valence electrons. The minimum Gasteiger partial charge on any atom is -0.465 e. The molecule has 0 saturated carbocycles. The number of hydrogen-bond acceptors (Lipinski definition) is 4. The van der Waals surface area contributed by atoms with Crippen molar-refractivity contribution in [2.75, 3.05) is 13.2 Å². The van der Waals surface area contributed by atoms with Crippen LogP contribution in [-0.2, 0) is 20.9 Å². The number of ether oxygens (including phenoxy) is 2. The van der Waals surface area contributed by atoms with Crippen LogP contribution in [0.15, 0.2) is 30.3 Å². The summed E-state index contributed by atoms with van der Waals surface area (Å²) in [5, 5.41) is 0. The maximum Gasteiger partial charge on any atom is 0.325 e. The van der Waals surface area contributed by atoms with E-state index in [2.05, 4.69) is 0 Å². The van der Waals surface area contributed by atoms with E-state index in [4.69, 9.17) is 15.2 Å². The van der Waals surface area contributed by atoms with E-state index in [1.807, 2.05) is 30.3 Å². The summed E-state index contributed by atoms with van der Waals surface area (Å²) < 4.78 is 10.1. The zero-order valence-electron chi connectivity index (χ0n) is 9.39. The molecule has 0 fully saturated rings. The monoisotopic (exact) mass is 223 g/mol. The van der Waals surface area contributed by atoms with Crippen LogP contribution < -0.4 is 5.73 Å². The average Bonchev–Trinajstić information content (AvgIpc) is 2.30. The lowest BCUT2D eigenvalue weighted by atomic mass is 10.2. The zero-order chi connectivity index (χ0) is 11.8. The van der Waals surface area contributed by atoms with Crippen LogP contribution in [0.3, 0.4) is 0 Å². The van der Waals surface area contributed by atoms with Crippen LogP contribution in [0.1, 0.15) is 12.5 Å². The maximum atomic E-state index is 11.2. The molecule has 4 nitrogen and oxygen atoms in total. The van der Waals surface area contributed by atoms with E-state index in [1.165, 1.54) is 0 Å². The van der Waals surface area contributed by atoms with Crippen molar-refractivity contribution in [1.82, 2.24) is 0 Å². The summed E-state index contributed by atoms with van der Waals surface area (Å²) in [5.74, 6) is -0.421. The zero-order valence-corrected chi connectivity index (χ0v) is 9.39. The third kappa shape index (κ3) is 4.42. The SMILES string of the molecule is CCOC(=O)[C@H](N)COCc1ccccc1. The van der Waals surface area contributed by atoms with Gasteiger partial charge in [0.15, 0.2) is 0 Å². The van der Waals surface area contributed by atoms with Gasteiger partial charge in [-0.2, -0.15) is 0 Å². The molecular formula is C12H17NO3. The van der Waals surface area contributed by atoms with Gasteiger partial charge < -0.3 is 15.2 Å². The molecule has 0 amide bonds. The second-order valence-electron chi connectivity index (χ2n) is 3.36. The number of carbonyl (C=O) groups excluding carboxylic acids is 1. The Hall–Kier alpha value is -1.39. The van der Waals surface area contributed by atoms with Crippen molar-refractivity contribution >= 4 is 5.97 Å². The first-order valence-electron chi connectivity index (χ1n) is 5.28. The largest absolute Gasteiger partial charge is 0.465 e. The number of hydrogen-bond donors (Lipinski definition) is 1. The molecule has 0 bridgehead atoms. The summed E-state index contributed by atoms with van der Waals surface area (Å²) in [6, 6.07) is 9.01. The van der Waals surface area contributed by atoms with Crippen molar-refractivity contribution in [2.45, 2.75) is 19.6 Å². The second kappa shape index (κ2) is 6.98. The molecule has 0 aliphatic heterocycles. The average molecular weight is 223 g/mol. The van der Waals surface area contributed by atoms with Crippen LogP contribution in [0.25, 0.3) is 0 Å². The number of carbonyl (C=O) groups is 1. The molecule has 0 radical (unpaired) electrons. The Kier molecular flexibility index (Phi) is 5.53. The Balaban J connectivity index is 2.23. The van der Waals surface area contributed by atoms with Gasteiger partial charge >= 0.3 is 5.97 Å². The Labute approximate surface area is 95.3 Å². The van der Waals surface area contributed by atoms with Gasteiger partial charge in [0.1, 0.15) is 6.04 Å². The molecule has 1 aromatic rings. The second-order valence-corrected chi connectivity index (χ2v) is 3.36. The van der Waals surface area contributed by atoms with Crippen molar-refractivity contribution in [3.63, 3.8) is 0 Å². The number of benzene rings is 1. The van der Waals surface area contributed by atoms with Gasteiger partial charge in [-0.05, 0) is 12.5 Å². The highest BCUT2D eigenvalue weighted by atomic mass is 16.5. The summed E-state index contributed by atoms with van der Waals surface area (Å²) in [6.45, 7) is 2.71. The molecule has 4 heteroatoms. The quantitative estimate of drug-likeness (QED) is 0.733. The van der Waals surface area contributed by atoms with E-state index in [-0.39, 0.29) is 6.61 Å². The van der Waals surface area contributed by atoms with E-state index >= 15 is 0 Å². The molecule has 0 unspecified atom stereocenters. The summed E-state index contributed by atoms with van der Waals surface area (Å²) in [4.78, 5) is 11.2. The van der Waals surface area contributed by atoms with E-state index in [1.54, 1.807) is 6.92 Å². The van der Waals surface area contributed by atoms with Gasteiger partial charge in [0.25, 0.3) is 0 Å². The minimum absolute atomic E-state index is 0.174. The first-order valence-corrected chi connectivity index (χ1v) is 5.28. The molecule has 0 aliphatic rings. The third-order valence-electron chi connectivity index (χ3n) is 2.00. The Bertz CT molecular complexity index is 313. The molecule has 1 rings (SSSR count). The fourth-order valence-corrected chi connectivity index (χ4v) is 1.20. The fraction of sp³-hybridized carbons (Fsp3) is 0.417. The van der Waals surface area contributed by atoms with E-state index in [0.717, 1.165) is 5.56 Å². The van der Waals surface area contributed by atoms with Gasteiger partial charge in [-0.1, -0.05) is 30.3 Å². The van der Waals surface area contributed by atoms with E-state index in [0.29, 0.717) is 13.2 Å². The highest BCUT2D eigenvalue weighted by Gasteiger charge is 2.14. The van der Waals surface area contributed by atoms with Crippen LogP contribution >= 0.6 is 0 Å². The molecule has 1 aromatic carbocycles. The van der Waals surface area contributed by atoms with Crippen molar-refractivity contribution in [1.29, 1.82) is 0 Å².